The van der Waals surface area contributed by atoms with Crippen molar-refractivity contribution in [1.29, 1.82) is 0 Å². The van der Waals surface area contributed by atoms with Crippen LogP contribution in [0, 0.1) is 0 Å². The summed E-state index contributed by atoms with van der Waals surface area (Å²) in [6.45, 7) is 5.57. The molecule has 19 heavy (non-hydrogen) atoms. The predicted molar refractivity (Wildman–Crippen MR) is 75.2 cm³/mol. The van der Waals surface area contributed by atoms with Crippen LogP contribution in [0.2, 0.25) is 0 Å². The topological polar surface area (TPSA) is 50.4 Å². The summed E-state index contributed by atoms with van der Waals surface area (Å²) in [5.41, 5.74) is 1.09. The second kappa shape index (κ2) is 6.57. The van der Waals surface area contributed by atoms with Gasteiger partial charge in [0.15, 0.2) is 0 Å². The van der Waals surface area contributed by atoms with E-state index in [9.17, 15) is 4.79 Å². The highest BCUT2D eigenvalue weighted by Gasteiger charge is 2.23. The van der Waals surface area contributed by atoms with E-state index < -0.39 is 0 Å². The summed E-state index contributed by atoms with van der Waals surface area (Å²) in [5.74, 6) is 0.959. The van der Waals surface area contributed by atoms with Gasteiger partial charge < -0.3 is 15.4 Å². The number of amides is 1. The van der Waals surface area contributed by atoms with E-state index in [-0.39, 0.29) is 18.0 Å². The Morgan fingerprint density at radius 1 is 1.47 bits per heavy atom. The van der Waals surface area contributed by atoms with Crippen LogP contribution in [0.3, 0.4) is 0 Å². The van der Waals surface area contributed by atoms with Crippen LogP contribution in [0.1, 0.15) is 38.3 Å². The zero-order chi connectivity index (χ0) is 13.7. The third-order valence-electron chi connectivity index (χ3n) is 3.43. The van der Waals surface area contributed by atoms with Gasteiger partial charge in [0.1, 0.15) is 5.75 Å². The van der Waals surface area contributed by atoms with Gasteiger partial charge in [-0.15, -0.1) is 0 Å². The maximum Gasteiger partial charge on any atom is 0.237 e. The van der Waals surface area contributed by atoms with Crippen LogP contribution in [0.5, 0.6) is 5.75 Å². The summed E-state index contributed by atoms with van der Waals surface area (Å²) >= 11 is 0. The normalized spacial score (nSPS) is 20.0. The molecule has 1 saturated heterocycles. The molecule has 4 nitrogen and oxygen atoms in total. The molecule has 0 radical (unpaired) electrons. The second-order valence-corrected chi connectivity index (χ2v) is 4.88. The van der Waals surface area contributed by atoms with E-state index in [0.29, 0.717) is 6.61 Å². The van der Waals surface area contributed by atoms with Gasteiger partial charge in [-0.3, -0.25) is 4.79 Å². The predicted octanol–water partition coefficient (Wildman–Crippen LogP) is 2.01. The lowest BCUT2D eigenvalue weighted by Gasteiger charge is -2.18. The Morgan fingerprint density at radius 3 is 2.79 bits per heavy atom. The summed E-state index contributed by atoms with van der Waals surface area (Å²) in [6.07, 6.45) is 2.01. The molecule has 1 aliphatic heterocycles. The molecule has 0 saturated carbocycles. The molecule has 0 aromatic heterocycles. The third-order valence-corrected chi connectivity index (χ3v) is 3.43. The smallest absolute Gasteiger partial charge is 0.237 e. The standard InChI is InChI=1S/C15H22N2O2/c1-3-19-13-8-6-12(7-9-13)11(2)17-15(18)14-5-4-10-16-14/h6-9,11,14,16H,3-5,10H2,1-2H3,(H,17,18)/t11-,14+/m0/s1. The molecule has 1 amide bonds. The minimum Gasteiger partial charge on any atom is -0.494 e. The molecule has 0 bridgehead atoms. The Balaban J connectivity index is 1.91. The molecule has 1 heterocycles. The number of hydrogen-bond donors (Lipinski definition) is 2. The SMILES string of the molecule is CCOc1ccc([C@H](C)NC(=O)[C@H]2CCCN2)cc1. The molecule has 1 fully saturated rings. The van der Waals surface area contributed by atoms with Gasteiger partial charge in [-0.25, -0.2) is 0 Å². The molecule has 104 valence electrons. The van der Waals surface area contributed by atoms with Crippen LogP contribution < -0.4 is 15.4 Å². The van der Waals surface area contributed by atoms with Crippen molar-refractivity contribution in [1.82, 2.24) is 10.6 Å². The Kier molecular flexibility index (Phi) is 4.80. The van der Waals surface area contributed by atoms with Crippen LogP contribution in [0.4, 0.5) is 0 Å². The highest BCUT2D eigenvalue weighted by Crippen LogP contribution is 2.18. The van der Waals surface area contributed by atoms with Crippen molar-refractivity contribution in [3.8, 4) is 5.75 Å². The van der Waals surface area contributed by atoms with E-state index in [1.54, 1.807) is 0 Å². The van der Waals surface area contributed by atoms with Crippen molar-refractivity contribution in [2.45, 2.75) is 38.8 Å². The van der Waals surface area contributed by atoms with E-state index in [2.05, 4.69) is 10.6 Å². The van der Waals surface area contributed by atoms with Crippen LogP contribution >= 0.6 is 0 Å². The van der Waals surface area contributed by atoms with Gasteiger partial charge in [0.05, 0.1) is 18.7 Å². The maximum absolute atomic E-state index is 12.0. The number of ether oxygens (including phenoxy) is 1. The van der Waals surface area contributed by atoms with Crippen molar-refractivity contribution in [2.75, 3.05) is 13.2 Å². The van der Waals surface area contributed by atoms with Crippen molar-refractivity contribution in [3.05, 3.63) is 29.8 Å². The Morgan fingerprint density at radius 2 is 2.21 bits per heavy atom. The molecule has 2 atom stereocenters. The summed E-state index contributed by atoms with van der Waals surface area (Å²) in [6, 6.07) is 7.87. The number of benzene rings is 1. The molecule has 2 N–H and O–H groups in total. The summed E-state index contributed by atoms with van der Waals surface area (Å²) in [5, 5.41) is 6.25. The molecular weight excluding hydrogens is 240 g/mol. The van der Waals surface area contributed by atoms with Gasteiger partial charge >= 0.3 is 0 Å². The monoisotopic (exact) mass is 262 g/mol. The van der Waals surface area contributed by atoms with Crippen LogP contribution in [0.25, 0.3) is 0 Å². The Bertz CT molecular complexity index is 411. The number of hydrogen-bond acceptors (Lipinski definition) is 3. The van der Waals surface area contributed by atoms with Gasteiger partial charge in [0.2, 0.25) is 5.91 Å². The van der Waals surface area contributed by atoms with E-state index in [1.165, 1.54) is 0 Å². The van der Waals surface area contributed by atoms with Gasteiger partial charge in [-0.1, -0.05) is 12.1 Å². The fourth-order valence-electron chi connectivity index (χ4n) is 2.33. The van der Waals surface area contributed by atoms with Gasteiger partial charge in [-0.05, 0) is 50.9 Å². The lowest BCUT2D eigenvalue weighted by atomic mass is 10.1. The average molecular weight is 262 g/mol. The lowest BCUT2D eigenvalue weighted by molar-refractivity contribution is -0.123. The number of rotatable bonds is 5. The molecule has 4 heteroatoms. The van der Waals surface area contributed by atoms with E-state index in [1.807, 2.05) is 38.1 Å². The first-order valence-electron chi connectivity index (χ1n) is 6.97. The quantitative estimate of drug-likeness (QED) is 0.853. The van der Waals surface area contributed by atoms with Gasteiger partial charge in [0.25, 0.3) is 0 Å². The summed E-state index contributed by atoms with van der Waals surface area (Å²) in [4.78, 5) is 12.0. The van der Waals surface area contributed by atoms with E-state index in [4.69, 9.17) is 4.74 Å². The average Bonchev–Trinajstić information content (AvgIpc) is 2.94. The molecule has 1 aliphatic rings. The minimum absolute atomic E-state index is 0.0191. The number of carbonyl (C=O) groups excluding carboxylic acids is 1. The molecular formula is C15H22N2O2. The highest BCUT2D eigenvalue weighted by atomic mass is 16.5. The maximum atomic E-state index is 12.0. The summed E-state index contributed by atoms with van der Waals surface area (Å²) in [7, 11) is 0. The van der Waals surface area contributed by atoms with Crippen molar-refractivity contribution in [3.63, 3.8) is 0 Å². The van der Waals surface area contributed by atoms with E-state index >= 15 is 0 Å². The minimum atomic E-state index is -0.0230. The number of carbonyl (C=O) groups is 1. The largest absolute Gasteiger partial charge is 0.494 e. The molecule has 1 aromatic rings. The van der Waals surface area contributed by atoms with Crippen LogP contribution in [0.15, 0.2) is 24.3 Å². The molecule has 0 aliphatic carbocycles. The third kappa shape index (κ3) is 3.70. The summed E-state index contributed by atoms with van der Waals surface area (Å²) < 4.78 is 5.41. The second-order valence-electron chi connectivity index (χ2n) is 4.88. The highest BCUT2D eigenvalue weighted by molar-refractivity contribution is 5.82. The van der Waals surface area contributed by atoms with E-state index in [0.717, 1.165) is 30.7 Å². The first-order valence-corrected chi connectivity index (χ1v) is 6.97. The molecule has 2 rings (SSSR count). The lowest BCUT2D eigenvalue weighted by Crippen LogP contribution is -2.41. The van der Waals surface area contributed by atoms with Crippen LogP contribution in [-0.4, -0.2) is 25.1 Å². The Labute approximate surface area is 114 Å². The van der Waals surface area contributed by atoms with Crippen LogP contribution in [-0.2, 0) is 4.79 Å². The van der Waals surface area contributed by atoms with Gasteiger partial charge in [-0.2, -0.15) is 0 Å². The Hall–Kier alpha value is -1.55. The zero-order valence-electron chi connectivity index (χ0n) is 11.6. The number of nitrogens with one attached hydrogen (secondary N) is 2. The first kappa shape index (κ1) is 13.9. The molecule has 1 aromatic carbocycles. The van der Waals surface area contributed by atoms with Crippen molar-refractivity contribution >= 4 is 5.91 Å². The molecule has 0 unspecified atom stereocenters. The fourth-order valence-corrected chi connectivity index (χ4v) is 2.33. The van der Waals surface area contributed by atoms with Crippen molar-refractivity contribution < 1.29 is 9.53 Å². The van der Waals surface area contributed by atoms with Gasteiger partial charge in [0, 0.05) is 0 Å². The van der Waals surface area contributed by atoms with Crippen molar-refractivity contribution in [2.24, 2.45) is 0 Å². The zero-order valence-corrected chi connectivity index (χ0v) is 11.6. The molecule has 0 spiro atoms. The fraction of sp³-hybridized carbons (Fsp3) is 0.533. The first-order chi connectivity index (χ1) is 9.20.